The number of ether oxygens (including phenoxy) is 2. The summed E-state index contributed by atoms with van der Waals surface area (Å²) >= 11 is 1.21. The van der Waals surface area contributed by atoms with Crippen LogP contribution in [0.2, 0.25) is 0 Å². The van der Waals surface area contributed by atoms with Gasteiger partial charge in [0.2, 0.25) is 0 Å². The van der Waals surface area contributed by atoms with Crippen LogP contribution in [0.4, 0.5) is 13.2 Å². The summed E-state index contributed by atoms with van der Waals surface area (Å²) in [6, 6.07) is 8.73. The second-order valence-electron chi connectivity index (χ2n) is 9.72. The molecule has 244 valence electrons. The van der Waals surface area contributed by atoms with Crippen LogP contribution in [-0.2, 0) is 45.1 Å². The first-order valence-corrected chi connectivity index (χ1v) is 16.0. The largest absolute Gasteiger partial charge is 0.499 e. The van der Waals surface area contributed by atoms with Gasteiger partial charge in [-0.05, 0) is 31.2 Å². The van der Waals surface area contributed by atoms with E-state index in [1.165, 1.54) is 47.3 Å². The van der Waals surface area contributed by atoms with Gasteiger partial charge in [-0.2, -0.15) is 10.4 Å². The molecule has 12 nitrogen and oxygen atoms in total. The monoisotopic (exact) mass is 680 g/mol. The third-order valence-electron chi connectivity index (χ3n) is 6.57. The number of aldehydes is 1. The van der Waals surface area contributed by atoms with E-state index in [4.69, 9.17) is 24.3 Å². The van der Waals surface area contributed by atoms with Crippen molar-refractivity contribution in [1.29, 1.82) is 5.26 Å². The molecule has 4 rings (SSSR count). The number of nitrogens with zero attached hydrogens (tertiary/aromatic N) is 4. The molecule has 2 heterocycles. The third-order valence-corrected chi connectivity index (χ3v) is 8.75. The number of phosphoric ester groups is 1. The molecule has 0 spiro atoms. The summed E-state index contributed by atoms with van der Waals surface area (Å²) < 4.78 is 78.0. The van der Waals surface area contributed by atoms with Crippen LogP contribution >= 0.6 is 19.6 Å². The number of thioether (sulfide) groups is 1. The summed E-state index contributed by atoms with van der Waals surface area (Å²) in [6.07, 6.45) is 8.34. The zero-order valence-corrected chi connectivity index (χ0v) is 25.9. The molecule has 1 saturated heterocycles. The van der Waals surface area contributed by atoms with Gasteiger partial charge in [0.1, 0.15) is 43.0 Å². The fourth-order valence-corrected chi connectivity index (χ4v) is 6.23. The van der Waals surface area contributed by atoms with E-state index in [2.05, 4.69) is 14.6 Å². The van der Waals surface area contributed by atoms with Crippen LogP contribution in [0.25, 0.3) is 6.08 Å². The molecule has 1 aliphatic rings. The van der Waals surface area contributed by atoms with Gasteiger partial charge in [-0.3, -0.25) is 4.52 Å². The van der Waals surface area contributed by atoms with Crippen molar-refractivity contribution in [2.75, 3.05) is 19.8 Å². The van der Waals surface area contributed by atoms with E-state index in [-0.39, 0.29) is 42.4 Å². The number of carbonyl (C=O) groups excluding carboxylic acids is 1. The Morgan fingerprint density at radius 2 is 2.00 bits per heavy atom. The highest BCUT2D eigenvalue weighted by Crippen LogP contribution is 2.49. The van der Waals surface area contributed by atoms with Crippen LogP contribution in [0, 0.1) is 28.8 Å². The molecular weight excluding hydrogens is 652 g/mol. The van der Waals surface area contributed by atoms with Crippen molar-refractivity contribution in [3.8, 4) is 6.07 Å². The highest BCUT2D eigenvalue weighted by molar-refractivity contribution is 8.00. The predicted molar refractivity (Wildman–Crippen MR) is 158 cm³/mol. The lowest BCUT2D eigenvalue weighted by Crippen LogP contribution is -2.46. The average Bonchev–Trinajstić information content (AvgIpc) is 3.55. The second-order valence-corrected chi connectivity index (χ2v) is 12.7. The molecule has 0 amide bonds. The second kappa shape index (κ2) is 16.3. The van der Waals surface area contributed by atoms with E-state index in [0.29, 0.717) is 11.6 Å². The molecule has 3 atom stereocenters. The first kappa shape index (κ1) is 35.2. The van der Waals surface area contributed by atoms with E-state index in [1.807, 2.05) is 6.07 Å². The minimum Gasteiger partial charge on any atom is -0.348 e. The number of rotatable bonds is 15. The van der Waals surface area contributed by atoms with E-state index in [9.17, 15) is 23.0 Å². The van der Waals surface area contributed by atoms with Crippen molar-refractivity contribution in [3.05, 3.63) is 101 Å². The predicted octanol–water partition coefficient (Wildman–Crippen LogP) is 4.86. The molecule has 1 aromatic heterocycles. The van der Waals surface area contributed by atoms with E-state index >= 15 is 4.39 Å². The SMILES string of the molecule is C[C@@H](SC1COC(C=CC=Cc2ccc(C#N)cc2F)OC1)[C@@](Cn1cncn1)(OOP(=O)(O)OCC=O)c1ccc(F)cc1F. The van der Waals surface area contributed by atoms with Crippen LogP contribution in [0.3, 0.4) is 0 Å². The summed E-state index contributed by atoms with van der Waals surface area (Å²) in [4.78, 5) is 30.2. The normalized spacial score (nSPS) is 20.3. The minimum atomic E-state index is -4.97. The van der Waals surface area contributed by atoms with Gasteiger partial charge in [-0.25, -0.2) is 32.3 Å². The maximum Gasteiger partial charge on any atom is 0.499 e. The number of carbonyl (C=O) groups is 1. The summed E-state index contributed by atoms with van der Waals surface area (Å²) in [5.41, 5.74) is -1.67. The molecule has 46 heavy (non-hydrogen) atoms. The molecule has 0 aliphatic carbocycles. The Bertz CT molecular complexity index is 1630. The molecule has 2 aromatic carbocycles. The van der Waals surface area contributed by atoms with Crippen molar-refractivity contribution >= 4 is 31.9 Å². The number of phosphoric acid groups is 1. The topological polar surface area (TPSA) is 155 Å². The quantitative estimate of drug-likeness (QED) is 0.0767. The minimum absolute atomic E-state index is 0.158. The van der Waals surface area contributed by atoms with Gasteiger partial charge >= 0.3 is 7.82 Å². The Hall–Kier alpha value is -3.65. The lowest BCUT2D eigenvalue weighted by atomic mass is 9.90. The van der Waals surface area contributed by atoms with Gasteiger partial charge in [-0.15, -0.1) is 16.4 Å². The number of nitriles is 1. The van der Waals surface area contributed by atoms with Gasteiger partial charge < -0.3 is 19.2 Å². The highest BCUT2D eigenvalue weighted by Gasteiger charge is 2.47. The van der Waals surface area contributed by atoms with Gasteiger partial charge in [0.25, 0.3) is 0 Å². The molecule has 0 saturated carbocycles. The van der Waals surface area contributed by atoms with Crippen LogP contribution in [0.5, 0.6) is 0 Å². The van der Waals surface area contributed by atoms with Gasteiger partial charge in [0, 0.05) is 22.4 Å². The molecule has 1 unspecified atom stereocenters. The Labute approximate surface area is 265 Å². The summed E-state index contributed by atoms with van der Waals surface area (Å²) in [7, 11) is -4.97. The zero-order chi connectivity index (χ0) is 33.2. The first-order valence-electron chi connectivity index (χ1n) is 13.5. The maximum absolute atomic E-state index is 15.4. The van der Waals surface area contributed by atoms with E-state index < -0.39 is 49.0 Å². The Morgan fingerprint density at radius 1 is 1.22 bits per heavy atom. The fraction of sp³-hybridized carbons (Fsp3) is 0.310. The van der Waals surface area contributed by atoms with Crippen LogP contribution < -0.4 is 0 Å². The lowest BCUT2D eigenvalue weighted by Gasteiger charge is -2.39. The zero-order valence-electron chi connectivity index (χ0n) is 24.1. The highest BCUT2D eigenvalue weighted by atomic mass is 32.2. The summed E-state index contributed by atoms with van der Waals surface area (Å²) in [6.45, 7) is 0.845. The van der Waals surface area contributed by atoms with Crippen LogP contribution in [-0.4, -0.2) is 62.6 Å². The van der Waals surface area contributed by atoms with E-state index in [1.54, 1.807) is 25.2 Å². The molecule has 17 heteroatoms. The van der Waals surface area contributed by atoms with Gasteiger partial charge in [-0.1, -0.05) is 30.4 Å². The number of hydrogen-bond acceptors (Lipinski definition) is 11. The maximum atomic E-state index is 15.4. The van der Waals surface area contributed by atoms with Gasteiger partial charge in [0.15, 0.2) is 11.9 Å². The smallest absolute Gasteiger partial charge is 0.348 e. The number of aromatic nitrogens is 3. The van der Waals surface area contributed by atoms with Crippen LogP contribution in [0.1, 0.15) is 23.6 Å². The van der Waals surface area contributed by atoms with Gasteiger partial charge in [0.05, 0.1) is 36.6 Å². The lowest BCUT2D eigenvalue weighted by molar-refractivity contribution is -0.314. The van der Waals surface area contributed by atoms with Crippen LogP contribution in [0.15, 0.2) is 67.3 Å². The van der Waals surface area contributed by atoms with Crippen molar-refractivity contribution in [3.63, 3.8) is 0 Å². The Morgan fingerprint density at radius 3 is 2.65 bits per heavy atom. The van der Waals surface area contributed by atoms with Crippen molar-refractivity contribution in [2.24, 2.45) is 0 Å². The number of hydrogen-bond donors (Lipinski definition) is 1. The van der Waals surface area contributed by atoms with Crippen molar-refractivity contribution in [1.82, 2.24) is 14.8 Å². The number of halogens is 3. The molecule has 0 bridgehead atoms. The van der Waals surface area contributed by atoms with Crippen molar-refractivity contribution < 1.29 is 51.0 Å². The number of benzene rings is 2. The molecule has 1 aliphatic heterocycles. The summed E-state index contributed by atoms with van der Waals surface area (Å²) in [5, 5.41) is 11.7. The van der Waals surface area contributed by atoms with E-state index in [0.717, 1.165) is 18.2 Å². The third kappa shape index (κ3) is 9.44. The van der Waals surface area contributed by atoms with Crippen molar-refractivity contribution in [2.45, 2.75) is 35.9 Å². The molecule has 0 radical (unpaired) electrons. The Balaban J connectivity index is 1.49. The number of allylic oxidation sites excluding steroid dienone is 2. The Kier molecular flexibility index (Phi) is 12.4. The molecule has 1 N–H and O–H groups in total. The standard InChI is InChI=1S/C29H28F3N4O8PS/c1-20(46-24-15-40-28(41-16-24)5-3-2-4-22-7-6-21(14-33)12-26(22)31)29(17-36-19-34-18-35-36,25-9-8-23(30)13-27(25)32)43-44-45(38,39)42-11-10-37/h2-10,12-13,18-20,24,28H,11,15-17H2,1H3,(H,38,39)/t20-,24?,28?,29-/m1/s1. The first-order chi connectivity index (χ1) is 22.0. The molecule has 3 aromatic rings. The fourth-order valence-electron chi connectivity index (χ4n) is 4.35. The average molecular weight is 681 g/mol. The molecule has 1 fully saturated rings. The summed E-state index contributed by atoms with van der Waals surface area (Å²) in [5.74, 6) is -2.44. The molecular formula is C29H28F3N4O8PS.